The minimum Gasteiger partial charge on any atom is -0.358 e. The lowest BCUT2D eigenvalue weighted by atomic mass is 9.63. The predicted octanol–water partition coefficient (Wildman–Crippen LogP) is 3.64. The van der Waals surface area contributed by atoms with Gasteiger partial charge in [0.25, 0.3) is 0 Å². The third-order valence-electron chi connectivity index (χ3n) is 6.81. The van der Waals surface area contributed by atoms with Crippen molar-refractivity contribution in [3.05, 3.63) is 35.5 Å². The zero-order valence-corrected chi connectivity index (χ0v) is 12.9. The number of benzene rings is 1. The average molecular weight is 294 g/mol. The molecule has 22 heavy (non-hydrogen) atoms. The first-order valence-corrected chi connectivity index (χ1v) is 8.85. The van der Waals surface area contributed by atoms with E-state index in [0.717, 1.165) is 6.61 Å². The van der Waals surface area contributed by atoms with Crippen LogP contribution in [0.5, 0.6) is 0 Å². The van der Waals surface area contributed by atoms with Gasteiger partial charge >= 0.3 is 0 Å². The number of rotatable bonds is 0. The molecule has 3 nitrogen and oxygen atoms in total. The van der Waals surface area contributed by atoms with E-state index in [9.17, 15) is 0 Å². The van der Waals surface area contributed by atoms with Gasteiger partial charge in [-0.15, -0.1) is 0 Å². The summed E-state index contributed by atoms with van der Waals surface area (Å²) in [6, 6.07) is 9.65. The van der Waals surface area contributed by atoms with Gasteiger partial charge in [-0.05, 0) is 49.3 Å². The molecule has 2 saturated heterocycles. The van der Waals surface area contributed by atoms with E-state index in [1.54, 1.807) is 11.3 Å². The molecule has 1 aromatic carbocycles. The van der Waals surface area contributed by atoms with Crippen LogP contribution in [0.15, 0.2) is 24.3 Å². The molecule has 6 rings (SSSR count). The molecule has 3 atom stereocenters. The van der Waals surface area contributed by atoms with Gasteiger partial charge in [0, 0.05) is 30.7 Å². The van der Waals surface area contributed by atoms with Gasteiger partial charge in [-0.2, -0.15) is 0 Å². The molecule has 2 aromatic rings. The summed E-state index contributed by atoms with van der Waals surface area (Å²) < 4.78 is 8.82. The molecule has 4 aliphatic heterocycles. The lowest BCUT2D eigenvalue weighted by Gasteiger charge is -2.58. The van der Waals surface area contributed by atoms with Crippen LogP contribution in [0.2, 0.25) is 0 Å². The maximum absolute atomic E-state index is 6.24. The Morgan fingerprint density at radius 1 is 1.14 bits per heavy atom. The van der Waals surface area contributed by atoms with Crippen molar-refractivity contribution < 1.29 is 4.74 Å². The minimum absolute atomic E-state index is 0.275. The number of aromatic nitrogens is 1. The monoisotopic (exact) mass is 294 g/mol. The molecule has 1 aromatic heterocycles. The Labute approximate surface area is 130 Å². The summed E-state index contributed by atoms with van der Waals surface area (Å²) in [5.41, 5.74) is 5.13. The highest BCUT2D eigenvalue weighted by Gasteiger charge is 2.55. The van der Waals surface area contributed by atoms with Crippen LogP contribution in [0.25, 0.3) is 10.9 Å². The zero-order valence-electron chi connectivity index (χ0n) is 12.9. The van der Waals surface area contributed by atoms with Gasteiger partial charge in [0.05, 0.1) is 11.6 Å². The topological polar surface area (TPSA) is 17.4 Å². The van der Waals surface area contributed by atoms with Gasteiger partial charge in [-0.3, -0.25) is 4.90 Å². The second kappa shape index (κ2) is 3.95. The number of ether oxygens (including phenoxy) is 1. The van der Waals surface area contributed by atoms with E-state index in [2.05, 4.69) is 33.7 Å². The first kappa shape index (κ1) is 12.1. The highest BCUT2D eigenvalue weighted by atomic mass is 16.5. The predicted molar refractivity (Wildman–Crippen MR) is 85.8 cm³/mol. The minimum atomic E-state index is 0.275. The second-order valence-electron chi connectivity index (χ2n) is 7.68. The van der Waals surface area contributed by atoms with Crippen LogP contribution < -0.4 is 0 Å². The van der Waals surface area contributed by atoms with Gasteiger partial charge in [0.1, 0.15) is 6.23 Å². The number of nitrogens with zero attached hydrogens (tertiary/aromatic N) is 2. The smallest absolute Gasteiger partial charge is 0.134 e. The Balaban J connectivity index is 1.73. The molecular weight excluding hydrogens is 272 g/mol. The maximum Gasteiger partial charge on any atom is 0.134 e. The number of hydrogen-bond donors (Lipinski definition) is 0. The third kappa shape index (κ3) is 1.27. The molecule has 0 radical (unpaired) electrons. The van der Waals surface area contributed by atoms with Crippen LogP contribution in [-0.2, 0) is 11.2 Å². The molecule has 1 spiro atoms. The Morgan fingerprint density at radius 2 is 2.09 bits per heavy atom. The van der Waals surface area contributed by atoms with E-state index >= 15 is 0 Å². The van der Waals surface area contributed by atoms with Crippen molar-refractivity contribution in [2.45, 2.75) is 44.4 Å². The van der Waals surface area contributed by atoms with Crippen LogP contribution in [-0.4, -0.2) is 29.2 Å². The number of hydrogen-bond acceptors (Lipinski definition) is 2. The van der Waals surface area contributed by atoms with Gasteiger partial charge in [-0.25, -0.2) is 0 Å². The summed E-state index contributed by atoms with van der Waals surface area (Å²) >= 11 is 0. The third-order valence-corrected chi connectivity index (χ3v) is 6.81. The molecule has 3 heteroatoms. The van der Waals surface area contributed by atoms with E-state index in [-0.39, 0.29) is 6.23 Å². The Kier molecular flexibility index (Phi) is 2.18. The summed E-state index contributed by atoms with van der Waals surface area (Å²) in [5, 5.41) is 1.48. The molecule has 2 bridgehead atoms. The van der Waals surface area contributed by atoms with E-state index in [1.165, 1.54) is 56.1 Å². The summed E-state index contributed by atoms with van der Waals surface area (Å²) in [4.78, 5) is 2.79. The lowest BCUT2D eigenvalue weighted by Crippen LogP contribution is -2.55. The van der Waals surface area contributed by atoms with Gasteiger partial charge < -0.3 is 9.30 Å². The average Bonchev–Trinajstić information content (AvgIpc) is 2.89. The van der Waals surface area contributed by atoms with Crippen molar-refractivity contribution >= 4 is 10.9 Å². The van der Waals surface area contributed by atoms with E-state index in [1.807, 2.05) is 0 Å². The van der Waals surface area contributed by atoms with E-state index in [4.69, 9.17) is 4.74 Å². The molecule has 114 valence electrons. The van der Waals surface area contributed by atoms with Crippen LogP contribution in [0.3, 0.4) is 0 Å². The summed E-state index contributed by atoms with van der Waals surface area (Å²) in [6.45, 7) is 3.48. The number of fused-ring (bicyclic) bond motifs is 5. The van der Waals surface area contributed by atoms with Crippen LogP contribution >= 0.6 is 0 Å². The van der Waals surface area contributed by atoms with Crippen molar-refractivity contribution in [3.8, 4) is 0 Å². The number of para-hydroxylation sites is 1. The zero-order chi connectivity index (χ0) is 14.3. The summed E-state index contributed by atoms with van der Waals surface area (Å²) in [5.74, 6) is 0. The quantitative estimate of drug-likeness (QED) is 0.738. The second-order valence-corrected chi connectivity index (χ2v) is 7.68. The molecule has 4 aliphatic rings. The molecule has 0 saturated carbocycles. The Hall–Kier alpha value is -1.32. The molecule has 0 amide bonds. The number of piperidine rings is 1. The summed E-state index contributed by atoms with van der Waals surface area (Å²) in [7, 11) is 0. The van der Waals surface area contributed by atoms with Gasteiger partial charge in [-0.1, -0.05) is 18.2 Å². The molecule has 3 unspecified atom stereocenters. The Morgan fingerprint density at radius 3 is 3.09 bits per heavy atom. The summed E-state index contributed by atoms with van der Waals surface area (Å²) in [6.07, 6.45) is 6.73. The van der Waals surface area contributed by atoms with Crippen LogP contribution in [0.4, 0.5) is 0 Å². The normalized spacial score (nSPS) is 36.4. The molecule has 5 heterocycles. The SMILES string of the molecule is c1ccc2c(c1)c1c3n2C2CC4(CCCN(CC1)C34)CCO2. The fraction of sp³-hybridized carbons (Fsp3) is 0.579. The van der Waals surface area contributed by atoms with Crippen LogP contribution in [0, 0.1) is 5.41 Å². The first-order chi connectivity index (χ1) is 10.9. The molecule has 0 aliphatic carbocycles. The maximum atomic E-state index is 6.24. The van der Waals surface area contributed by atoms with Crippen molar-refractivity contribution in [2.24, 2.45) is 5.41 Å². The molecule has 2 fully saturated rings. The van der Waals surface area contributed by atoms with Gasteiger partial charge in [0.15, 0.2) is 0 Å². The van der Waals surface area contributed by atoms with Crippen molar-refractivity contribution in [1.29, 1.82) is 0 Å². The largest absolute Gasteiger partial charge is 0.358 e. The highest BCUT2D eigenvalue weighted by molar-refractivity contribution is 5.86. The van der Waals surface area contributed by atoms with Crippen molar-refractivity contribution in [3.63, 3.8) is 0 Å². The van der Waals surface area contributed by atoms with Crippen molar-refractivity contribution in [1.82, 2.24) is 9.47 Å². The van der Waals surface area contributed by atoms with Crippen LogP contribution in [0.1, 0.15) is 49.2 Å². The highest BCUT2D eigenvalue weighted by Crippen LogP contribution is 2.61. The fourth-order valence-electron chi connectivity index (χ4n) is 6.02. The van der Waals surface area contributed by atoms with Crippen molar-refractivity contribution in [2.75, 3.05) is 19.7 Å². The van der Waals surface area contributed by atoms with E-state index < -0.39 is 0 Å². The van der Waals surface area contributed by atoms with Gasteiger partial charge in [0.2, 0.25) is 0 Å². The standard InChI is InChI=1S/C19H22N2O/c1-2-5-15-13(4-1)14-6-10-20-9-3-7-19-8-11-22-16(12-19)21(15)17(14)18(19)20/h1-2,4-5,16,18H,3,6-12H2. The fourth-order valence-corrected chi connectivity index (χ4v) is 6.02. The Bertz CT molecular complexity index is 775. The molecule has 0 N–H and O–H groups in total. The lowest BCUT2D eigenvalue weighted by molar-refractivity contribution is -0.156. The van der Waals surface area contributed by atoms with E-state index in [0.29, 0.717) is 11.5 Å². The first-order valence-electron chi connectivity index (χ1n) is 8.85. The molecular formula is C19H22N2O.